The molecule has 0 bridgehead atoms. The van der Waals surface area contributed by atoms with Gasteiger partial charge in [0, 0.05) is 12.3 Å². The van der Waals surface area contributed by atoms with Crippen molar-refractivity contribution in [1.82, 2.24) is 9.78 Å². The van der Waals surface area contributed by atoms with Crippen molar-refractivity contribution in [3.05, 3.63) is 16.9 Å². The summed E-state index contributed by atoms with van der Waals surface area (Å²) >= 11 is 7.64. The van der Waals surface area contributed by atoms with Crippen molar-refractivity contribution >= 4 is 23.4 Å². The predicted molar refractivity (Wildman–Crippen MR) is 60.9 cm³/mol. The van der Waals surface area contributed by atoms with E-state index in [1.807, 2.05) is 6.92 Å². The predicted octanol–water partition coefficient (Wildman–Crippen LogP) is 2.34. The van der Waals surface area contributed by atoms with Crippen molar-refractivity contribution in [1.29, 1.82) is 0 Å². The van der Waals surface area contributed by atoms with Crippen LogP contribution < -0.4 is 0 Å². The minimum atomic E-state index is -0.519. The molecule has 0 aromatic carbocycles. The molecule has 1 atom stereocenters. The maximum Gasteiger partial charge on any atom is 0.106 e. The summed E-state index contributed by atoms with van der Waals surface area (Å²) in [4.78, 5) is 0. The van der Waals surface area contributed by atoms with Crippen LogP contribution in [0, 0.1) is 0 Å². The van der Waals surface area contributed by atoms with E-state index in [0.717, 1.165) is 18.0 Å². The molecule has 0 saturated carbocycles. The van der Waals surface area contributed by atoms with Crippen molar-refractivity contribution in [2.75, 3.05) is 11.5 Å². The van der Waals surface area contributed by atoms with E-state index in [1.54, 1.807) is 22.6 Å². The van der Waals surface area contributed by atoms with Crippen molar-refractivity contribution in [3.8, 4) is 0 Å². The summed E-state index contributed by atoms with van der Waals surface area (Å²) < 4.78 is 1.74. The van der Waals surface area contributed by atoms with E-state index in [2.05, 4.69) is 12.0 Å². The molecule has 0 aliphatic heterocycles. The summed E-state index contributed by atoms with van der Waals surface area (Å²) in [6.45, 7) is 4.78. The van der Waals surface area contributed by atoms with Crippen LogP contribution in [0.15, 0.2) is 6.20 Å². The second kappa shape index (κ2) is 5.63. The lowest BCUT2D eigenvalue weighted by atomic mass is 10.3. The number of aliphatic hydroxyl groups is 1. The van der Waals surface area contributed by atoms with Crippen LogP contribution in [0.3, 0.4) is 0 Å². The Morgan fingerprint density at radius 3 is 2.93 bits per heavy atom. The molecule has 3 nitrogen and oxygen atoms in total. The Kier molecular flexibility index (Phi) is 4.78. The quantitative estimate of drug-likeness (QED) is 0.850. The van der Waals surface area contributed by atoms with E-state index in [4.69, 9.17) is 11.6 Å². The van der Waals surface area contributed by atoms with Crippen LogP contribution in [0.4, 0.5) is 0 Å². The second-order valence-corrected chi connectivity index (χ2v) is 4.59. The summed E-state index contributed by atoms with van der Waals surface area (Å²) in [5, 5.41) is 14.5. The van der Waals surface area contributed by atoms with E-state index in [-0.39, 0.29) is 0 Å². The zero-order chi connectivity index (χ0) is 10.6. The molecule has 80 valence electrons. The number of thioether (sulfide) groups is 1. The number of rotatable bonds is 5. The van der Waals surface area contributed by atoms with Gasteiger partial charge in [-0.05, 0) is 12.7 Å². The van der Waals surface area contributed by atoms with E-state index in [9.17, 15) is 5.11 Å². The molecule has 1 unspecified atom stereocenters. The van der Waals surface area contributed by atoms with Crippen molar-refractivity contribution in [2.45, 2.75) is 26.5 Å². The van der Waals surface area contributed by atoms with Gasteiger partial charge in [0.2, 0.25) is 0 Å². The summed E-state index contributed by atoms with van der Waals surface area (Å²) in [6, 6.07) is 0. The second-order valence-electron chi connectivity index (χ2n) is 2.87. The zero-order valence-electron chi connectivity index (χ0n) is 8.40. The van der Waals surface area contributed by atoms with Crippen LogP contribution >= 0.6 is 23.4 Å². The molecule has 0 fully saturated rings. The van der Waals surface area contributed by atoms with Crippen LogP contribution in [0.5, 0.6) is 0 Å². The SMILES string of the molecule is CCSCC(O)c1c(Cl)cnn1CC. The molecule has 14 heavy (non-hydrogen) atoms. The highest BCUT2D eigenvalue weighted by Gasteiger charge is 2.16. The van der Waals surface area contributed by atoms with Gasteiger partial charge in [-0.1, -0.05) is 18.5 Å². The fraction of sp³-hybridized carbons (Fsp3) is 0.667. The van der Waals surface area contributed by atoms with Gasteiger partial charge in [0.15, 0.2) is 0 Å². The first-order chi connectivity index (χ1) is 6.70. The van der Waals surface area contributed by atoms with Gasteiger partial charge in [-0.25, -0.2) is 0 Å². The standard InChI is InChI=1S/C9H15ClN2OS/c1-3-12-9(7(10)5-11-12)8(13)6-14-4-2/h5,8,13H,3-4,6H2,1-2H3. The van der Waals surface area contributed by atoms with Gasteiger partial charge in [-0.2, -0.15) is 16.9 Å². The molecular formula is C9H15ClN2OS. The molecular weight excluding hydrogens is 220 g/mol. The molecule has 0 radical (unpaired) electrons. The molecule has 1 heterocycles. The minimum absolute atomic E-state index is 0.519. The Balaban J connectivity index is 2.76. The molecule has 1 aromatic heterocycles. The van der Waals surface area contributed by atoms with Gasteiger partial charge in [0.05, 0.1) is 16.9 Å². The van der Waals surface area contributed by atoms with E-state index in [1.165, 1.54) is 0 Å². The topological polar surface area (TPSA) is 38.1 Å². The van der Waals surface area contributed by atoms with Crippen LogP contribution in [0.2, 0.25) is 5.02 Å². The molecule has 0 spiro atoms. The third-order valence-electron chi connectivity index (χ3n) is 1.93. The lowest BCUT2D eigenvalue weighted by molar-refractivity contribution is 0.192. The Bertz CT molecular complexity index is 290. The fourth-order valence-corrected chi connectivity index (χ4v) is 2.15. The van der Waals surface area contributed by atoms with Gasteiger partial charge in [-0.15, -0.1) is 0 Å². The lowest BCUT2D eigenvalue weighted by Crippen LogP contribution is -2.10. The number of aryl methyl sites for hydroxylation is 1. The summed E-state index contributed by atoms with van der Waals surface area (Å²) in [6.07, 6.45) is 1.06. The highest BCUT2D eigenvalue weighted by Crippen LogP contribution is 2.25. The molecule has 0 aliphatic rings. The first kappa shape index (κ1) is 11.9. The van der Waals surface area contributed by atoms with Gasteiger partial charge in [-0.3, -0.25) is 4.68 Å². The highest BCUT2D eigenvalue weighted by molar-refractivity contribution is 7.99. The van der Waals surface area contributed by atoms with Gasteiger partial charge in [0.25, 0.3) is 0 Å². The van der Waals surface area contributed by atoms with Crippen molar-refractivity contribution in [2.24, 2.45) is 0 Å². The largest absolute Gasteiger partial charge is 0.386 e. The molecule has 5 heteroatoms. The average molecular weight is 235 g/mol. The maximum atomic E-state index is 9.87. The molecule has 0 saturated heterocycles. The smallest absolute Gasteiger partial charge is 0.106 e. The maximum absolute atomic E-state index is 9.87. The first-order valence-electron chi connectivity index (χ1n) is 4.67. The van der Waals surface area contributed by atoms with Crippen LogP contribution in [0.1, 0.15) is 25.6 Å². The van der Waals surface area contributed by atoms with E-state index in [0.29, 0.717) is 10.8 Å². The Hall–Kier alpha value is -0.190. The number of hydrogen-bond acceptors (Lipinski definition) is 3. The van der Waals surface area contributed by atoms with E-state index < -0.39 is 6.10 Å². The Labute approximate surface area is 93.4 Å². The van der Waals surface area contributed by atoms with Gasteiger partial charge < -0.3 is 5.11 Å². The first-order valence-corrected chi connectivity index (χ1v) is 6.21. The minimum Gasteiger partial charge on any atom is -0.386 e. The lowest BCUT2D eigenvalue weighted by Gasteiger charge is -2.12. The number of hydrogen-bond donors (Lipinski definition) is 1. The third-order valence-corrected chi connectivity index (χ3v) is 3.18. The number of aromatic nitrogens is 2. The molecule has 0 amide bonds. The van der Waals surface area contributed by atoms with Gasteiger partial charge >= 0.3 is 0 Å². The number of halogens is 1. The van der Waals surface area contributed by atoms with Crippen LogP contribution in [-0.2, 0) is 6.54 Å². The van der Waals surface area contributed by atoms with Gasteiger partial charge in [0.1, 0.15) is 6.10 Å². The van der Waals surface area contributed by atoms with Crippen molar-refractivity contribution in [3.63, 3.8) is 0 Å². The third kappa shape index (κ3) is 2.65. The zero-order valence-corrected chi connectivity index (χ0v) is 9.98. The number of nitrogens with zero attached hydrogens (tertiary/aromatic N) is 2. The summed E-state index contributed by atoms with van der Waals surface area (Å²) in [7, 11) is 0. The normalized spacial score (nSPS) is 13.1. The summed E-state index contributed by atoms with van der Waals surface area (Å²) in [5.74, 6) is 1.66. The fourth-order valence-electron chi connectivity index (χ4n) is 1.26. The highest BCUT2D eigenvalue weighted by atomic mass is 35.5. The van der Waals surface area contributed by atoms with Crippen LogP contribution in [0.25, 0.3) is 0 Å². The van der Waals surface area contributed by atoms with E-state index >= 15 is 0 Å². The monoisotopic (exact) mass is 234 g/mol. The summed E-state index contributed by atoms with van der Waals surface area (Å²) in [5.41, 5.74) is 0.732. The molecule has 0 aliphatic carbocycles. The molecule has 1 aromatic rings. The average Bonchev–Trinajstić information content (AvgIpc) is 2.56. The molecule has 1 rings (SSSR count). The van der Waals surface area contributed by atoms with Crippen LogP contribution in [-0.4, -0.2) is 26.4 Å². The molecule has 1 N–H and O–H groups in total. The van der Waals surface area contributed by atoms with Crippen molar-refractivity contribution < 1.29 is 5.11 Å². The number of aliphatic hydroxyl groups excluding tert-OH is 1. The Morgan fingerprint density at radius 1 is 1.64 bits per heavy atom. The Morgan fingerprint density at radius 2 is 2.36 bits per heavy atom.